The van der Waals surface area contributed by atoms with Crippen LogP contribution in [0, 0.1) is 0 Å². The third-order valence-electron chi connectivity index (χ3n) is 0.652. The quantitative estimate of drug-likeness (QED) is 0.304. The second-order valence-corrected chi connectivity index (χ2v) is 18.1. The SMILES string of the molecule is Cl[Si](Cl)(Cl)C(Br)(Br)C(Br)Br. The first-order valence-electron chi connectivity index (χ1n) is 1.92. The van der Waals surface area contributed by atoms with Crippen molar-refractivity contribution in [3.05, 3.63) is 0 Å². The molecule has 0 aromatic rings. The average molecular weight is 479 g/mol. The van der Waals surface area contributed by atoms with Gasteiger partial charge < -0.3 is 0 Å². The molecule has 0 aromatic carbocycles. The van der Waals surface area contributed by atoms with Crippen LogP contribution in [-0.2, 0) is 0 Å². The van der Waals surface area contributed by atoms with Gasteiger partial charge in [0.1, 0.15) is 2.86 Å². The Morgan fingerprint density at radius 1 is 1.10 bits per heavy atom. The molecule has 0 unspecified atom stereocenters. The summed E-state index contributed by atoms with van der Waals surface area (Å²) in [5.41, 5.74) is 0. The Morgan fingerprint density at radius 3 is 1.40 bits per heavy atom. The van der Waals surface area contributed by atoms with Crippen molar-refractivity contribution in [3.8, 4) is 0 Å². The summed E-state index contributed by atoms with van der Waals surface area (Å²) in [5, 5.41) is 0. The van der Waals surface area contributed by atoms with Crippen LogP contribution >= 0.6 is 97.0 Å². The van der Waals surface area contributed by atoms with Crippen molar-refractivity contribution in [1.29, 1.82) is 0 Å². The van der Waals surface area contributed by atoms with Crippen LogP contribution in [0.3, 0.4) is 0 Å². The van der Waals surface area contributed by atoms with Crippen molar-refractivity contribution in [2.75, 3.05) is 0 Å². The van der Waals surface area contributed by atoms with Gasteiger partial charge in [0.15, 0.2) is 0 Å². The first-order chi connectivity index (χ1) is 4.19. The van der Waals surface area contributed by atoms with Crippen molar-refractivity contribution in [2.45, 2.75) is 6.59 Å². The summed E-state index contributed by atoms with van der Waals surface area (Å²) in [4.78, 5) is 0. The van der Waals surface area contributed by atoms with Crippen LogP contribution in [-0.4, -0.2) is 12.6 Å². The van der Waals surface area contributed by atoms with E-state index in [4.69, 9.17) is 33.2 Å². The molecule has 0 fully saturated rings. The Labute approximate surface area is 108 Å². The monoisotopic (exact) mass is 474 g/mol. The van der Waals surface area contributed by atoms with Crippen molar-refractivity contribution in [1.82, 2.24) is 0 Å². The molecule has 0 nitrogen and oxygen atoms in total. The maximum Gasteiger partial charge on any atom is 0.369 e. The maximum absolute atomic E-state index is 5.74. The van der Waals surface area contributed by atoms with Gasteiger partial charge in [0.2, 0.25) is 0 Å². The van der Waals surface area contributed by atoms with Gasteiger partial charge in [0.05, 0.1) is 3.74 Å². The lowest BCUT2D eigenvalue weighted by Crippen LogP contribution is -2.40. The fourth-order valence-corrected chi connectivity index (χ4v) is 5.79. The Hall–Kier alpha value is 3.01. The number of hydrogen-bond donors (Lipinski definition) is 0. The molecule has 0 aliphatic carbocycles. The molecule has 0 radical (unpaired) electrons. The molecule has 10 heavy (non-hydrogen) atoms. The fourth-order valence-electron chi connectivity index (χ4n) is 0.124. The van der Waals surface area contributed by atoms with Crippen LogP contribution in [0.15, 0.2) is 0 Å². The highest BCUT2D eigenvalue weighted by molar-refractivity contribution is 9.30. The van der Waals surface area contributed by atoms with E-state index in [-0.39, 0.29) is 3.74 Å². The fraction of sp³-hybridized carbons (Fsp3) is 1.00. The highest BCUT2D eigenvalue weighted by Gasteiger charge is 2.52. The van der Waals surface area contributed by atoms with E-state index in [0.717, 1.165) is 0 Å². The second-order valence-electron chi connectivity index (χ2n) is 1.42. The lowest BCUT2D eigenvalue weighted by Gasteiger charge is -2.27. The van der Waals surface area contributed by atoms with Crippen molar-refractivity contribution >= 4 is 103 Å². The van der Waals surface area contributed by atoms with Crippen LogP contribution in [0.4, 0.5) is 0 Å². The molecule has 8 heteroatoms. The van der Waals surface area contributed by atoms with E-state index in [0.29, 0.717) is 0 Å². The van der Waals surface area contributed by atoms with E-state index < -0.39 is 8.86 Å². The smallest absolute Gasteiger partial charge is 0.124 e. The van der Waals surface area contributed by atoms with Gasteiger partial charge in [-0.05, 0) is 0 Å². The second kappa shape index (κ2) is 4.49. The van der Waals surface area contributed by atoms with Crippen LogP contribution in [0.1, 0.15) is 0 Å². The predicted octanol–water partition coefficient (Wildman–Crippen LogP) is 4.78. The predicted molar refractivity (Wildman–Crippen MR) is 65.5 cm³/mol. The van der Waals surface area contributed by atoms with Gasteiger partial charge in [-0.3, -0.25) is 0 Å². The summed E-state index contributed by atoms with van der Waals surface area (Å²) in [6, 6.07) is -2.79. The highest BCUT2D eigenvalue weighted by atomic mass is 79.9. The number of rotatable bonds is 2. The standard InChI is InChI=1S/C2HBr4Cl3Si/c3-1(4)2(5,6)10(7,8)9/h1H. The third-order valence-corrected chi connectivity index (χ3v) is 17.6. The molecule has 0 amide bonds. The normalized spacial score (nSPS) is 14.4. The molecular formula is C2HBr4Cl3Si. The van der Waals surface area contributed by atoms with E-state index in [1.807, 2.05) is 0 Å². The Morgan fingerprint density at radius 2 is 1.40 bits per heavy atom. The van der Waals surface area contributed by atoms with Crippen molar-refractivity contribution < 1.29 is 0 Å². The lowest BCUT2D eigenvalue weighted by atomic mass is 11.0. The Kier molecular flexibility index (Phi) is 5.84. The summed E-state index contributed by atoms with van der Waals surface area (Å²) in [5.74, 6) is 0. The topological polar surface area (TPSA) is 0 Å². The molecule has 0 aliphatic rings. The summed E-state index contributed by atoms with van der Waals surface area (Å²) < 4.78 is -0.788. The van der Waals surface area contributed by atoms with Crippen molar-refractivity contribution in [3.63, 3.8) is 0 Å². The van der Waals surface area contributed by atoms with E-state index in [9.17, 15) is 0 Å². The van der Waals surface area contributed by atoms with E-state index >= 15 is 0 Å². The van der Waals surface area contributed by atoms with Gasteiger partial charge in [-0.25, -0.2) is 0 Å². The van der Waals surface area contributed by atoms with Gasteiger partial charge in [-0.15, -0.1) is 33.2 Å². The molecule has 0 heterocycles. The first kappa shape index (κ1) is 13.0. The zero-order valence-corrected chi connectivity index (χ0v) is 13.8. The van der Waals surface area contributed by atoms with Gasteiger partial charge >= 0.3 is 6.00 Å². The molecule has 0 aliphatic heterocycles. The molecule has 0 spiro atoms. The maximum atomic E-state index is 5.74. The van der Waals surface area contributed by atoms with Crippen LogP contribution in [0.5, 0.6) is 0 Å². The molecule has 0 saturated heterocycles. The zero-order chi connectivity index (χ0) is 8.58. The minimum atomic E-state index is -2.79. The van der Waals surface area contributed by atoms with Gasteiger partial charge in [-0.1, -0.05) is 63.7 Å². The zero-order valence-electron chi connectivity index (χ0n) is 4.22. The molecule has 0 bridgehead atoms. The molecule has 0 rings (SSSR count). The third kappa shape index (κ3) is 3.40. The van der Waals surface area contributed by atoms with Crippen LogP contribution < -0.4 is 0 Å². The van der Waals surface area contributed by atoms with Gasteiger partial charge in [0.25, 0.3) is 0 Å². The molecule has 0 aromatic heterocycles. The van der Waals surface area contributed by atoms with E-state index in [1.165, 1.54) is 0 Å². The minimum absolute atomic E-state index is 0.119. The summed E-state index contributed by atoms with van der Waals surface area (Å²) in [6.45, 7) is 0. The molecule has 0 N–H and O–H groups in total. The Bertz CT molecular complexity index is 120. The minimum Gasteiger partial charge on any atom is -0.124 e. The number of alkyl halides is 4. The summed E-state index contributed by atoms with van der Waals surface area (Å²) in [6.07, 6.45) is 0. The van der Waals surface area contributed by atoms with E-state index in [1.54, 1.807) is 0 Å². The van der Waals surface area contributed by atoms with Gasteiger partial charge in [-0.2, -0.15) is 0 Å². The average Bonchev–Trinajstić information content (AvgIpc) is 1.62. The van der Waals surface area contributed by atoms with Gasteiger partial charge in [0, 0.05) is 0 Å². The molecule has 0 atom stereocenters. The van der Waals surface area contributed by atoms with E-state index in [2.05, 4.69) is 63.7 Å². The Balaban J connectivity index is 4.40. The molecule has 62 valence electrons. The van der Waals surface area contributed by atoms with Crippen LogP contribution in [0.25, 0.3) is 0 Å². The van der Waals surface area contributed by atoms with Crippen LogP contribution in [0.2, 0.25) is 0 Å². The molecular weight excluding hydrogens is 478 g/mol. The number of hydrogen-bond acceptors (Lipinski definition) is 0. The lowest BCUT2D eigenvalue weighted by molar-refractivity contribution is 1.33. The number of halogens is 7. The van der Waals surface area contributed by atoms with Crippen molar-refractivity contribution in [2.24, 2.45) is 0 Å². The highest BCUT2D eigenvalue weighted by Crippen LogP contribution is 2.50. The largest absolute Gasteiger partial charge is 0.369 e. The summed E-state index contributed by atoms with van der Waals surface area (Å²) >= 11 is 30.2. The molecule has 0 saturated carbocycles. The first-order valence-corrected chi connectivity index (χ1v) is 10.4. The summed E-state index contributed by atoms with van der Waals surface area (Å²) in [7, 11) is 0.